The average Bonchev–Trinajstić information content (AvgIpc) is 2.69. The Morgan fingerprint density at radius 3 is 2.75 bits per heavy atom. The maximum absolute atomic E-state index is 13.4. The summed E-state index contributed by atoms with van der Waals surface area (Å²) < 4.78 is 27.6. The Balaban J connectivity index is 2.27. The second kappa shape index (κ2) is 4.40. The number of aromatic nitrogens is 2. The number of halogens is 2. The molecule has 2 N–H and O–H groups in total. The van der Waals surface area contributed by atoms with Crippen LogP contribution >= 0.6 is 0 Å². The summed E-state index contributed by atoms with van der Waals surface area (Å²) in [6, 6.07) is 5.26. The van der Waals surface area contributed by atoms with E-state index in [1.807, 2.05) is 0 Å². The molecule has 0 aliphatic heterocycles. The molecule has 2 aromatic rings. The number of benzene rings is 1. The molecule has 1 aromatic heterocycles. The van der Waals surface area contributed by atoms with Gasteiger partial charge in [-0.05, 0) is 12.1 Å². The van der Waals surface area contributed by atoms with Crippen LogP contribution in [0.15, 0.2) is 30.5 Å². The molecule has 0 amide bonds. The van der Waals surface area contributed by atoms with Gasteiger partial charge in [0.1, 0.15) is 11.6 Å². The van der Waals surface area contributed by atoms with Gasteiger partial charge in [-0.15, -0.1) is 0 Å². The standard InChI is InChI=1S/C11H11F2N3/c12-9-2-1-8(11(13)5-9)7-16-10(6-14)3-4-15-16/h1-5H,6-7,14H2. The van der Waals surface area contributed by atoms with Gasteiger partial charge in [0.05, 0.1) is 12.2 Å². The van der Waals surface area contributed by atoms with Crippen LogP contribution in [0.2, 0.25) is 0 Å². The van der Waals surface area contributed by atoms with Crippen molar-refractivity contribution >= 4 is 0 Å². The summed E-state index contributed by atoms with van der Waals surface area (Å²) in [7, 11) is 0. The molecule has 1 heterocycles. The van der Waals surface area contributed by atoms with Crippen LogP contribution in [0.1, 0.15) is 11.3 Å². The average molecular weight is 223 g/mol. The molecular formula is C11H11F2N3. The lowest BCUT2D eigenvalue weighted by molar-refractivity contribution is 0.553. The summed E-state index contributed by atoms with van der Waals surface area (Å²) in [6.45, 7) is 0.592. The van der Waals surface area contributed by atoms with Crippen LogP contribution < -0.4 is 5.73 Å². The predicted molar refractivity (Wildman–Crippen MR) is 55.6 cm³/mol. The summed E-state index contributed by atoms with van der Waals surface area (Å²) in [6.07, 6.45) is 1.60. The van der Waals surface area contributed by atoms with Gasteiger partial charge in [0.15, 0.2) is 0 Å². The topological polar surface area (TPSA) is 43.8 Å². The van der Waals surface area contributed by atoms with E-state index in [4.69, 9.17) is 5.73 Å². The number of nitrogens with zero attached hydrogens (tertiary/aromatic N) is 2. The molecule has 0 radical (unpaired) electrons. The van der Waals surface area contributed by atoms with E-state index in [1.165, 1.54) is 12.1 Å². The summed E-state index contributed by atoms with van der Waals surface area (Å²) in [5, 5.41) is 4.02. The van der Waals surface area contributed by atoms with Crippen LogP contribution in [0.4, 0.5) is 8.78 Å². The largest absolute Gasteiger partial charge is 0.325 e. The molecule has 1 aromatic carbocycles. The van der Waals surface area contributed by atoms with Crippen molar-refractivity contribution < 1.29 is 8.78 Å². The Kier molecular flexibility index (Phi) is 2.96. The lowest BCUT2D eigenvalue weighted by Crippen LogP contribution is -2.10. The maximum Gasteiger partial charge on any atom is 0.131 e. The molecule has 84 valence electrons. The summed E-state index contributed by atoms with van der Waals surface area (Å²) in [4.78, 5) is 0. The minimum absolute atomic E-state index is 0.256. The van der Waals surface area contributed by atoms with Crippen LogP contribution in [-0.2, 0) is 13.1 Å². The number of hydrogen-bond acceptors (Lipinski definition) is 2. The highest BCUT2D eigenvalue weighted by atomic mass is 19.1. The third-order valence-corrected chi connectivity index (χ3v) is 2.35. The van der Waals surface area contributed by atoms with E-state index >= 15 is 0 Å². The van der Waals surface area contributed by atoms with E-state index in [0.29, 0.717) is 12.1 Å². The van der Waals surface area contributed by atoms with Gasteiger partial charge in [0, 0.05) is 24.4 Å². The first-order chi connectivity index (χ1) is 7.70. The number of nitrogens with two attached hydrogens (primary N) is 1. The highest BCUT2D eigenvalue weighted by molar-refractivity contribution is 5.19. The van der Waals surface area contributed by atoms with Crippen molar-refractivity contribution in [1.82, 2.24) is 9.78 Å². The first-order valence-electron chi connectivity index (χ1n) is 4.85. The lowest BCUT2D eigenvalue weighted by atomic mass is 10.2. The molecule has 0 fully saturated rings. The van der Waals surface area contributed by atoms with E-state index in [0.717, 1.165) is 11.8 Å². The first-order valence-corrected chi connectivity index (χ1v) is 4.85. The Morgan fingerprint density at radius 2 is 2.06 bits per heavy atom. The minimum atomic E-state index is -0.583. The summed E-state index contributed by atoms with van der Waals surface area (Å²) in [5.74, 6) is -1.15. The van der Waals surface area contributed by atoms with Crippen LogP contribution in [-0.4, -0.2) is 9.78 Å². The Morgan fingerprint density at radius 1 is 1.25 bits per heavy atom. The van der Waals surface area contributed by atoms with E-state index in [-0.39, 0.29) is 6.54 Å². The molecule has 16 heavy (non-hydrogen) atoms. The van der Waals surface area contributed by atoms with Gasteiger partial charge in [0.25, 0.3) is 0 Å². The van der Waals surface area contributed by atoms with Gasteiger partial charge >= 0.3 is 0 Å². The van der Waals surface area contributed by atoms with Gasteiger partial charge in [0.2, 0.25) is 0 Å². The highest BCUT2D eigenvalue weighted by Crippen LogP contribution is 2.11. The van der Waals surface area contributed by atoms with Crippen molar-refractivity contribution in [3.63, 3.8) is 0 Å². The molecule has 0 spiro atoms. The monoisotopic (exact) mass is 223 g/mol. The number of rotatable bonds is 3. The number of hydrogen-bond donors (Lipinski definition) is 1. The molecule has 3 nitrogen and oxygen atoms in total. The zero-order chi connectivity index (χ0) is 11.5. The summed E-state index contributed by atoms with van der Waals surface area (Å²) in [5.41, 5.74) is 6.69. The molecule has 2 rings (SSSR count). The van der Waals surface area contributed by atoms with Crippen LogP contribution in [0.3, 0.4) is 0 Å². The SMILES string of the molecule is NCc1ccnn1Cc1ccc(F)cc1F. The van der Waals surface area contributed by atoms with Crippen LogP contribution in [0.5, 0.6) is 0 Å². The van der Waals surface area contributed by atoms with Gasteiger partial charge in [-0.3, -0.25) is 4.68 Å². The Hall–Kier alpha value is -1.75. The van der Waals surface area contributed by atoms with Crippen LogP contribution in [0.25, 0.3) is 0 Å². The molecule has 0 atom stereocenters. The third-order valence-electron chi connectivity index (χ3n) is 2.35. The molecule has 0 aliphatic rings. The quantitative estimate of drug-likeness (QED) is 0.860. The zero-order valence-electron chi connectivity index (χ0n) is 8.53. The predicted octanol–water partition coefficient (Wildman–Crippen LogP) is 1.67. The summed E-state index contributed by atoms with van der Waals surface area (Å²) >= 11 is 0. The highest BCUT2D eigenvalue weighted by Gasteiger charge is 2.07. The molecule has 0 saturated heterocycles. The fraction of sp³-hybridized carbons (Fsp3) is 0.182. The Bertz CT molecular complexity index is 494. The molecule has 0 aliphatic carbocycles. The van der Waals surface area contributed by atoms with Gasteiger partial charge in [-0.25, -0.2) is 8.78 Å². The first kappa shape index (κ1) is 10.8. The van der Waals surface area contributed by atoms with Crippen molar-refractivity contribution in [2.24, 2.45) is 5.73 Å². The van der Waals surface area contributed by atoms with E-state index in [1.54, 1.807) is 16.9 Å². The van der Waals surface area contributed by atoms with E-state index in [2.05, 4.69) is 5.10 Å². The van der Waals surface area contributed by atoms with Gasteiger partial charge < -0.3 is 5.73 Å². The third kappa shape index (κ3) is 2.09. The van der Waals surface area contributed by atoms with Gasteiger partial charge in [-0.2, -0.15) is 5.10 Å². The smallest absolute Gasteiger partial charge is 0.131 e. The second-order valence-corrected chi connectivity index (χ2v) is 3.42. The second-order valence-electron chi connectivity index (χ2n) is 3.42. The van der Waals surface area contributed by atoms with Gasteiger partial charge in [-0.1, -0.05) is 6.07 Å². The fourth-order valence-electron chi connectivity index (χ4n) is 1.49. The normalized spacial score (nSPS) is 10.7. The fourth-order valence-corrected chi connectivity index (χ4v) is 1.49. The zero-order valence-corrected chi connectivity index (χ0v) is 8.53. The van der Waals surface area contributed by atoms with Crippen molar-refractivity contribution in [3.8, 4) is 0 Å². The lowest BCUT2D eigenvalue weighted by Gasteiger charge is -2.07. The maximum atomic E-state index is 13.4. The van der Waals surface area contributed by atoms with Crippen LogP contribution in [0, 0.1) is 11.6 Å². The molecule has 5 heteroatoms. The van der Waals surface area contributed by atoms with Crippen molar-refractivity contribution in [3.05, 3.63) is 53.4 Å². The molecular weight excluding hydrogens is 212 g/mol. The van der Waals surface area contributed by atoms with E-state index < -0.39 is 11.6 Å². The molecule has 0 saturated carbocycles. The Labute approximate surface area is 91.5 Å². The van der Waals surface area contributed by atoms with Crippen molar-refractivity contribution in [2.75, 3.05) is 0 Å². The molecule has 0 bridgehead atoms. The minimum Gasteiger partial charge on any atom is -0.325 e. The van der Waals surface area contributed by atoms with Crippen molar-refractivity contribution in [1.29, 1.82) is 0 Å². The molecule has 0 unspecified atom stereocenters. The van der Waals surface area contributed by atoms with E-state index in [9.17, 15) is 8.78 Å². The van der Waals surface area contributed by atoms with Crippen molar-refractivity contribution in [2.45, 2.75) is 13.1 Å².